The van der Waals surface area contributed by atoms with Crippen LogP contribution in [0.3, 0.4) is 0 Å². The van der Waals surface area contributed by atoms with Crippen molar-refractivity contribution in [1.29, 1.82) is 0 Å². The van der Waals surface area contributed by atoms with Gasteiger partial charge in [-0.2, -0.15) is 0 Å². The normalized spacial score (nSPS) is 12.3. The molecule has 62 heavy (non-hydrogen) atoms. The summed E-state index contributed by atoms with van der Waals surface area (Å²) in [5, 5.41) is 13.6. The second-order valence-electron chi connectivity index (χ2n) is 19.7. The van der Waals surface area contributed by atoms with Gasteiger partial charge in [0, 0.05) is 27.6 Å². The largest absolute Gasteiger partial charge is 0.507 e. The monoisotopic (exact) mass is 809 g/mol. The molecule has 0 saturated heterocycles. The van der Waals surface area contributed by atoms with Gasteiger partial charge in [-0.25, -0.2) is 9.97 Å². The van der Waals surface area contributed by atoms with Crippen LogP contribution < -0.4 is 0 Å². The number of aromatic nitrogens is 3. The van der Waals surface area contributed by atoms with Crippen LogP contribution in [0.25, 0.3) is 83.6 Å². The molecule has 4 heteroatoms. The molecule has 0 aliphatic heterocycles. The standard InChI is InChI=1S/C58H55N3O/c1-56(2,3)41-32-39(31-40(33-41)50-36-46(38-23-14-11-15-24-38)45-26-16-18-28-49(45)59-50)44-27-20-30-52-53(44)60-55(47-34-42(57(4,5)6)35-48(54(47)62)58(7,8)9)61(52)51-29-19-17-25-43(51)37-21-12-10-13-22-37/h10-36,62H,1-9H3. The van der Waals surface area contributed by atoms with E-state index in [-0.39, 0.29) is 22.0 Å². The Bertz CT molecular complexity index is 3120. The van der Waals surface area contributed by atoms with Gasteiger partial charge < -0.3 is 5.11 Å². The van der Waals surface area contributed by atoms with E-state index < -0.39 is 0 Å². The molecule has 9 rings (SSSR count). The molecule has 0 spiro atoms. The SMILES string of the molecule is CC(C)(C)c1cc(-c2cc(-c3ccccc3)c3ccccc3n2)cc(-c2cccc3c2nc(-c2cc(C(C)(C)C)cc(C(C)(C)C)c2O)n3-c2ccccc2-c2ccccc2)c1. The molecule has 0 bridgehead atoms. The van der Waals surface area contributed by atoms with E-state index in [1.165, 1.54) is 5.56 Å². The molecular formula is C58H55N3O. The third-order valence-corrected chi connectivity index (χ3v) is 12.1. The minimum atomic E-state index is -0.314. The van der Waals surface area contributed by atoms with Crippen molar-refractivity contribution in [3.05, 3.63) is 180 Å². The maximum Gasteiger partial charge on any atom is 0.149 e. The topological polar surface area (TPSA) is 50.9 Å². The predicted molar refractivity (Wildman–Crippen MR) is 261 cm³/mol. The van der Waals surface area contributed by atoms with Crippen LogP contribution in [-0.4, -0.2) is 19.6 Å². The van der Waals surface area contributed by atoms with Crippen molar-refractivity contribution in [2.24, 2.45) is 0 Å². The van der Waals surface area contributed by atoms with Crippen LogP contribution >= 0.6 is 0 Å². The van der Waals surface area contributed by atoms with Crippen molar-refractivity contribution >= 4 is 21.9 Å². The van der Waals surface area contributed by atoms with Crippen molar-refractivity contribution in [3.8, 4) is 67.5 Å². The van der Waals surface area contributed by atoms with E-state index in [0.29, 0.717) is 11.4 Å². The van der Waals surface area contributed by atoms with Crippen LogP contribution in [-0.2, 0) is 16.2 Å². The van der Waals surface area contributed by atoms with Gasteiger partial charge in [0.15, 0.2) is 0 Å². The van der Waals surface area contributed by atoms with E-state index in [2.05, 4.69) is 231 Å². The summed E-state index contributed by atoms with van der Waals surface area (Å²) in [7, 11) is 0. The summed E-state index contributed by atoms with van der Waals surface area (Å²) in [5.41, 5.74) is 15.6. The summed E-state index contributed by atoms with van der Waals surface area (Å²) in [4.78, 5) is 11.0. The third kappa shape index (κ3) is 7.49. The van der Waals surface area contributed by atoms with Crippen molar-refractivity contribution < 1.29 is 5.11 Å². The van der Waals surface area contributed by atoms with Gasteiger partial charge in [-0.3, -0.25) is 4.57 Å². The molecule has 4 nitrogen and oxygen atoms in total. The number of fused-ring (bicyclic) bond motifs is 2. The number of hydrogen-bond acceptors (Lipinski definition) is 3. The smallest absolute Gasteiger partial charge is 0.149 e. The molecule has 9 aromatic rings. The van der Waals surface area contributed by atoms with Crippen LogP contribution in [0.1, 0.15) is 79.0 Å². The lowest BCUT2D eigenvalue weighted by atomic mass is 9.79. The zero-order chi connectivity index (χ0) is 43.6. The highest BCUT2D eigenvalue weighted by molar-refractivity contribution is 5.99. The lowest BCUT2D eigenvalue weighted by molar-refractivity contribution is 0.446. The Morgan fingerprint density at radius 2 is 1.02 bits per heavy atom. The van der Waals surface area contributed by atoms with Crippen LogP contribution in [0.15, 0.2) is 164 Å². The second-order valence-corrected chi connectivity index (χ2v) is 19.7. The summed E-state index contributed by atoms with van der Waals surface area (Å²) in [5.74, 6) is 0.954. The Labute approximate surface area is 366 Å². The zero-order valence-corrected chi connectivity index (χ0v) is 37.4. The average molecular weight is 810 g/mol. The van der Waals surface area contributed by atoms with E-state index in [9.17, 15) is 5.11 Å². The highest BCUT2D eigenvalue weighted by Gasteiger charge is 2.29. The van der Waals surface area contributed by atoms with Gasteiger partial charge in [0.1, 0.15) is 11.6 Å². The number of phenols is 1. The zero-order valence-electron chi connectivity index (χ0n) is 37.4. The first-order chi connectivity index (χ1) is 29.6. The first-order valence-electron chi connectivity index (χ1n) is 21.7. The van der Waals surface area contributed by atoms with E-state index in [1.54, 1.807) is 0 Å². The lowest BCUT2D eigenvalue weighted by Crippen LogP contribution is -2.17. The minimum Gasteiger partial charge on any atom is -0.507 e. The quantitative estimate of drug-likeness (QED) is 0.182. The number of hydrogen-bond donors (Lipinski definition) is 1. The fraction of sp³-hybridized carbons (Fsp3) is 0.207. The van der Waals surface area contributed by atoms with E-state index >= 15 is 0 Å². The molecule has 0 aliphatic carbocycles. The Morgan fingerprint density at radius 1 is 0.435 bits per heavy atom. The molecule has 0 amide bonds. The van der Waals surface area contributed by atoms with Crippen molar-refractivity contribution in [1.82, 2.24) is 14.5 Å². The number of para-hydroxylation sites is 3. The van der Waals surface area contributed by atoms with Gasteiger partial charge in [0.05, 0.1) is 33.5 Å². The molecule has 308 valence electrons. The fourth-order valence-electron chi connectivity index (χ4n) is 8.64. The Morgan fingerprint density at radius 3 is 1.69 bits per heavy atom. The number of nitrogens with zero attached hydrogens (tertiary/aromatic N) is 3. The molecular weight excluding hydrogens is 755 g/mol. The van der Waals surface area contributed by atoms with E-state index in [4.69, 9.17) is 9.97 Å². The van der Waals surface area contributed by atoms with E-state index in [1.807, 2.05) is 0 Å². The first-order valence-corrected chi connectivity index (χ1v) is 21.7. The second kappa shape index (κ2) is 15.3. The summed E-state index contributed by atoms with van der Waals surface area (Å²) in [6.07, 6.45) is 0. The maximum absolute atomic E-state index is 12.4. The number of pyridine rings is 1. The Kier molecular flexibility index (Phi) is 10.0. The minimum absolute atomic E-state index is 0.153. The molecule has 2 aromatic heterocycles. The lowest BCUT2D eigenvalue weighted by Gasteiger charge is -2.27. The molecule has 2 heterocycles. The average Bonchev–Trinajstić information content (AvgIpc) is 3.65. The van der Waals surface area contributed by atoms with Crippen molar-refractivity contribution in [2.45, 2.75) is 78.6 Å². The predicted octanol–water partition coefficient (Wildman–Crippen LogP) is 15.5. The number of rotatable bonds is 6. The van der Waals surface area contributed by atoms with Gasteiger partial charge in [0.2, 0.25) is 0 Å². The molecule has 1 N–H and O–H groups in total. The fourth-order valence-corrected chi connectivity index (χ4v) is 8.64. The first kappa shape index (κ1) is 40.6. The number of aromatic hydroxyl groups is 1. The van der Waals surface area contributed by atoms with Gasteiger partial charge in [-0.1, -0.05) is 184 Å². The van der Waals surface area contributed by atoms with Crippen LogP contribution in [0, 0.1) is 0 Å². The van der Waals surface area contributed by atoms with Gasteiger partial charge in [-0.05, 0) is 92.1 Å². The van der Waals surface area contributed by atoms with Gasteiger partial charge in [0.25, 0.3) is 0 Å². The molecule has 0 fully saturated rings. The Hall–Kier alpha value is -6.78. The number of benzene rings is 7. The summed E-state index contributed by atoms with van der Waals surface area (Å²) >= 11 is 0. The van der Waals surface area contributed by atoms with Crippen LogP contribution in [0.4, 0.5) is 0 Å². The highest BCUT2D eigenvalue weighted by Crippen LogP contribution is 2.46. The molecule has 0 saturated carbocycles. The van der Waals surface area contributed by atoms with Crippen LogP contribution in [0.2, 0.25) is 0 Å². The van der Waals surface area contributed by atoms with E-state index in [0.717, 1.165) is 83.4 Å². The maximum atomic E-state index is 12.4. The van der Waals surface area contributed by atoms with Gasteiger partial charge in [-0.15, -0.1) is 0 Å². The number of imidazole rings is 1. The van der Waals surface area contributed by atoms with Gasteiger partial charge >= 0.3 is 0 Å². The summed E-state index contributed by atoms with van der Waals surface area (Å²) < 4.78 is 2.26. The molecule has 0 atom stereocenters. The highest BCUT2D eigenvalue weighted by atomic mass is 16.3. The van der Waals surface area contributed by atoms with Crippen molar-refractivity contribution in [2.75, 3.05) is 0 Å². The van der Waals surface area contributed by atoms with Crippen molar-refractivity contribution in [3.63, 3.8) is 0 Å². The summed E-state index contributed by atoms with van der Waals surface area (Å²) in [6, 6.07) is 58.1. The molecule has 0 unspecified atom stereocenters. The van der Waals surface area contributed by atoms with Crippen LogP contribution in [0.5, 0.6) is 5.75 Å². The third-order valence-electron chi connectivity index (χ3n) is 12.1. The number of phenolic OH excluding ortho intramolecular Hbond substituents is 1. The molecule has 7 aromatic carbocycles. The summed E-state index contributed by atoms with van der Waals surface area (Å²) in [6.45, 7) is 20.0. The molecule has 0 aliphatic rings. The Balaban J connectivity index is 1.35. The molecule has 0 radical (unpaired) electrons.